The number of nitrogens with zero attached hydrogens (tertiary/aromatic N) is 2. The fourth-order valence-electron chi connectivity index (χ4n) is 4.42. The van der Waals surface area contributed by atoms with Crippen LogP contribution < -0.4 is 0 Å². The minimum atomic E-state index is -0.336. The summed E-state index contributed by atoms with van der Waals surface area (Å²) in [6, 6.07) is 14.6. The number of carbonyl (C=O) groups is 2. The molecule has 2 aliphatic rings. The van der Waals surface area contributed by atoms with Gasteiger partial charge in [-0.15, -0.1) is 0 Å². The third-order valence-electron chi connectivity index (χ3n) is 6.06. The monoisotopic (exact) mass is 408 g/mol. The Labute approximate surface area is 174 Å². The van der Waals surface area contributed by atoms with Gasteiger partial charge < -0.3 is 9.64 Å². The van der Waals surface area contributed by atoms with E-state index in [-0.39, 0.29) is 29.8 Å². The summed E-state index contributed by atoms with van der Waals surface area (Å²) in [7, 11) is 0. The second-order valence-corrected chi connectivity index (χ2v) is 8.08. The van der Waals surface area contributed by atoms with E-state index in [4.69, 9.17) is 21.6 Å². The Kier molecular flexibility index (Phi) is 5.29. The quantitative estimate of drug-likeness (QED) is 0.713. The normalized spacial score (nSPS) is 23.0. The molecule has 4 rings (SSSR count). The highest BCUT2D eigenvalue weighted by Crippen LogP contribution is 2.41. The van der Waals surface area contributed by atoms with E-state index in [1.54, 1.807) is 30.3 Å². The molecular weight excluding hydrogens is 388 g/mol. The Morgan fingerprint density at radius 3 is 2.72 bits per heavy atom. The molecule has 29 heavy (non-hydrogen) atoms. The van der Waals surface area contributed by atoms with Gasteiger partial charge in [-0.25, -0.2) is 4.79 Å². The summed E-state index contributed by atoms with van der Waals surface area (Å²) in [4.78, 5) is 27.2. The minimum Gasteiger partial charge on any atom is -0.458 e. The summed E-state index contributed by atoms with van der Waals surface area (Å²) in [5.41, 5.74) is 2.72. The molecule has 1 heterocycles. The fraction of sp³-hybridized carbons (Fsp3) is 0.348. The molecule has 0 aromatic heterocycles. The van der Waals surface area contributed by atoms with Crippen molar-refractivity contribution in [2.24, 2.45) is 11.8 Å². The van der Waals surface area contributed by atoms with Gasteiger partial charge in [0.1, 0.15) is 12.2 Å². The number of nitriles is 1. The largest absolute Gasteiger partial charge is 0.458 e. The lowest BCUT2D eigenvalue weighted by atomic mass is 9.99. The predicted molar refractivity (Wildman–Crippen MR) is 108 cm³/mol. The zero-order valence-corrected chi connectivity index (χ0v) is 16.9. The predicted octanol–water partition coefficient (Wildman–Crippen LogP) is 4.11. The first-order chi connectivity index (χ1) is 14.0. The Balaban J connectivity index is 1.46. The molecule has 1 saturated carbocycles. The zero-order valence-electron chi connectivity index (χ0n) is 16.1. The number of carbonyl (C=O) groups excluding carboxylic acids is 2. The standard InChI is InChI=1S/C23H21ClN2O3/c1-14-17(8-7-16(11-25)21(14)24)12-26-13-19-18(22(26)27)9-10-20(19)29-23(28)15-5-3-2-4-6-15/h2-8,18-20H,9-10,12-13H2,1H3. The molecule has 0 spiro atoms. The number of rotatable bonds is 4. The van der Waals surface area contributed by atoms with Gasteiger partial charge in [0.25, 0.3) is 0 Å². The summed E-state index contributed by atoms with van der Waals surface area (Å²) in [6.45, 7) is 2.88. The molecule has 0 bridgehead atoms. The first-order valence-corrected chi connectivity index (χ1v) is 10.1. The van der Waals surface area contributed by atoms with E-state index >= 15 is 0 Å². The van der Waals surface area contributed by atoms with Gasteiger partial charge in [0.2, 0.25) is 5.91 Å². The summed E-state index contributed by atoms with van der Waals surface area (Å²) < 4.78 is 5.76. The maximum atomic E-state index is 12.9. The number of ether oxygens (including phenoxy) is 1. The van der Waals surface area contributed by atoms with E-state index in [0.717, 1.165) is 24.0 Å². The molecule has 1 saturated heterocycles. The van der Waals surface area contributed by atoms with E-state index in [0.29, 0.717) is 29.2 Å². The molecule has 0 radical (unpaired) electrons. The van der Waals surface area contributed by atoms with Gasteiger partial charge in [0.15, 0.2) is 0 Å². The van der Waals surface area contributed by atoms with Crippen molar-refractivity contribution in [3.63, 3.8) is 0 Å². The maximum Gasteiger partial charge on any atom is 0.338 e. The number of fused-ring (bicyclic) bond motifs is 1. The molecule has 1 aliphatic heterocycles. The Morgan fingerprint density at radius 1 is 1.24 bits per heavy atom. The van der Waals surface area contributed by atoms with Crippen LogP contribution in [0.1, 0.15) is 39.9 Å². The van der Waals surface area contributed by atoms with E-state index in [1.807, 2.05) is 24.0 Å². The van der Waals surface area contributed by atoms with Crippen molar-refractivity contribution >= 4 is 23.5 Å². The van der Waals surface area contributed by atoms with Crippen LogP contribution in [-0.2, 0) is 16.1 Å². The van der Waals surface area contributed by atoms with Crippen molar-refractivity contribution in [2.45, 2.75) is 32.4 Å². The van der Waals surface area contributed by atoms with Crippen LogP contribution >= 0.6 is 11.6 Å². The average Bonchev–Trinajstić information content (AvgIpc) is 3.26. The van der Waals surface area contributed by atoms with Crippen molar-refractivity contribution in [2.75, 3.05) is 6.54 Å². The van der Waals surface area contributed by atoms with Crippen molar-refractivity contribution in [3.05, 3.63) is 69.7 Å². The van der Waals surface area contributed by atoms with Crippen molar-refractivity contribution in [1.82, 2.24) is 4.90 Å². The molecule has 3 atom stereocenters. The Hall–Kier alpha value is -2.84. The number of benzene rings is 2. The van der Waals surface area contributed by atoms with Crippen LogP contribution in [0.3, 0.4) is 0 Å². The van der Waals surface area contributed by atoms with Crippen LogP contribution in [-0.4, -0.2) is 29.4 Å². The van der Waals surface area contributed by atoms with Crippen LogP contribution in [0, 0.1) is 30.1 Å². The minimum absolute atomic E-state index is 0.0179. The third kappa shape index (κ3) is 3.61. The van der Waals surface area contributed by atoms with Crippen LogP contribution in [0.25, 0.3) is 0 Å². The number of hydrogen-bond acceptors (Lipinski definition) is 4. The SMILES string of the molecule is Cc1c(CN2CC3C(OC(=O)c4ccccc4)CCC3C2=O)ccc(C#N)c1Cl. The van der Waals surface area contributed by atoms with Crippen LogP contribution in [0.15, 0.2) is 42.5 Å². The molecule has 148 valence electrons. The van der Waals surface area contributed by atoms with E-state index in [9.17, 15) is 9.59 Å². The molecule has 1 aliphatic carbocycles. The van der Waals surface area contributed by atoms with E-state index in [2.05, 4.69) is 6.07 Å². The maximum absolute atomic E-state index is 12.9. The first-order valence-electron chi connectivity index (χ1n) is 9.72. The first kappa shape index (κ1) is 19.5. The molecule has 6 heteroatoms. The van der Waals surface area contributed by atoms with Gasteiger partial charge in [-0.05, 0) is 49.1 Å². The van der Waals surface area contributed by atoms with Gasteiger partial charge in [-0.1, -0.05) is 35.9 Å². The number of esters is 1. The molecule has 5 nitrogen and oxygen atoms in total. The van der Waals surface area contributed by atoms with Gasteiger partial charge in [0.05, 0.1) is 16.1 Å². The number of amides is 1. The van der Waals surface area contributed by atoms with E-state index < -0.39 is 0 Å². The molecule has 0 N–H and O–H groups in total. The average molecular weight is 409 g/mol. The molecule has 3 unspecified atom stereocenters. The van der Waals surface area contributed by atoms with Crippen molar-refractivity contribution in [3.8, 4) is 6.07 Å². The molecular formula is C23H21ClN2O3. The highest BCUT2D eigenvalue weighted by Gasteiger charge is 2.49. The number of halogens is 1. The third-order valence-corrected chi connectivity index (χ3v) is 6.55. The lowest BCUT2D eigenvalue weighted by molar-refractivity contribution is -0.131. The molecule has 2 aromatic rings. The second-order valence-electron chi connectivity index (χ2n) is 7.70. The topological polar surface area (TPSA) is 70.4 Å². The Bertz CT molecular complexity index is 999. The van der Waals surface area contributed by atoms with Crippen molar-refractivity contribution in [1.29, 1.82) is 5.26 Å². The van der Waals surface area contributed by atoms with Gasteiger partial charge >= 0.3 is 5.97 Å². The molecule has 1 amide bonds. The number of likely N-dealkylation sites (tertiary alicyclic amines) is 1. The molecule has 2 aromatic carbocycles. The van der Waals surface area contributed by atoms with Crippen LogP contribution in [0.2, 0.25) is 5.02 Å². The van der Waals surface area contributed by atoms with Gasteiger partial charge in [-0.3, -0.25) is 4.79 Å². The zero-order chi connectivity index (χ0) is 20.5. The smallest absolute Gasteiger partial charge is 0.338 e. The van der Waals surface area contributed by atoms with Crippen molar-refractivity contribution < 1.29 is 14.3 Å². The van der Waals surface area contributed by atoms with E-state index in [1.165, 1.54) is 0 Å². The molecule has 2 fully saturated rings. The Morgan fingerprint density at radius 2 is 2.00 bits per heavy atom. The van der Waals surface area contributed by atoms with Gasteiger partial charge in [0, 0.05) is 24.9 Å². The summed E-state index contributed by atoms with van der Waals surface area (Å²) in [6.07, 6.45) is 1.21. The van der Waals surface area contributed by atoms with Crippen LogP contribution in [0.4, 0.5) is 0 Å². The number of hydrogen-bond donors (Lipinski definition) is 0. The van der Waals surface area contributed by atoms with Crippen LogP contribution in [0.5, 0.6) is 0 Å². The summed E-state index contributed by atoms with van der Waals surface area (Å²) in [5.74, 6) is -0.313. The fourth-order valence-corrected chi connectivity index (χ4v) is 4.64. The second kappa shape index (κ2) is 7.88. The lowest BCUT2D eigenvalue weighted by Crippen LogP contribution is -2.29. The highest BCUT2D eigenvalue weighted by atomic mass is 35.5. The summed E-state index contributed by atoms with van der Waals surface area (Å²) >= 11 is 6.27. The lowest BCUT2D eigenvalue weighted by Gasteiger charge is -2.22. The van der Waals surface area contributed by atoms with Gasteiger partial charge in [-0.2, -0.15) is 5.26 Å². The highest BCUT2D eigenvalue weighted by molar-refractivity contribution is 6.32. The summed E-state index contributed by atoms with van der Waals surface area (Å²) in [5, 5.41) is 9.55.